The lowest BCUT2D eigenvalue weighted by Crippen LogP contribution is -1.86. The number of rotatable bonds is 5. The van der Waals surface area contributed by atoms with E-state index in [4.69, 9.17) is 16.1 Å². The molecule has 0 spiro atoms. The van der Waals surface area contributed by atoms with Crippen LogP contribution in [-0.4, -0.2) is 10.1 Å². The van der Waals surface area contributed by atoms with Crippen molar-refractivity contribution >= 4 is 11.6 Å². The van der Waals surface area contributed by atoms with Crippen molar-refractivity contribution in [3.63, 3.8) is 0 Å². The maximum atomic E-state index is 5.92. The molecule has 0 aliphatic heterocycles. The summed E-state index contributed by atoms with van der Waals surface area (Å²) in [7, 11) is 0. The number of aryl methyl sites for hydroxylation is 1. The minimum Gasteiger partial charge on any atom is -0.339 e. The molecule has 0 amide bonds. The van der Waals surface area contributed by atoms with Crippen LogP contribution in [0, 0.1) is 0 Å². The molecule has 0 fully saturated rings. The van der Waals surface area contributed by atoms with Crippen LogP contribution in [0.2, 0.25) is 5.02 Å². The van der Waals surface area contributed by atoms with Gasteiger partial charge < -0.3 is 4.52 Å². The van der Waals surface area contributed by atoms with Gasteiger partial charge in [-0.3, -0.25) is 0 Å². The summed E-state index contributed by atoms with van der Waals surface area (Å²) in [6.07, 6.45) is 4.32. The summed E-state index contributed by atoms with van der Waals surface area (Å²) in [6, 6.07) is 7.47. The molecule has 0 N–H and O–H groups in total. The van der Waals surface area contributed by atoms with Gasteiger partial charge in [0.2, 0.25) is 11.7 Å². The molecule has 1 aromatic carbocycles. The second kappa shape index (κ2) is 5.82. The van der Waals surface area contributed by atoms with Crippen molar-refractivity contribution in [1.82, 2.24) is 10.1 Å². The molecular formula is C13H15ClN2O. The monoisotopic (exact) mass is 250 g/mol. The molecular weight excluding hydrogens is 236 g/mol. The van der Waals surface area contributed by atoms with E-state index in [9.17, 15) is 0 Å². The molecule has 4 heteroatoms. The fourth-order valence-corrected chi connectivity index (χ4v) is 1.82. The first-order chi connectivity index (χ1) is 8.29. The molecule has 0 saturated carbocycles. The first-order valence-corrected chi connectivity index (χ1v) is 6.26. The molecule has 0 saturated heterocycles. The smallest absolute Gasteiger partial charge is 0.226 e. The molecule has 3 nitrogen and oxygen atoms in total. The molecule has 0 bridgehead atoms. The predicted molar refractivity (Wildman–Crippen MR) is 68.0 cm³/mol. The summed E-state index contributed by atoms with van der Waals surface area (Å²) in [5, 5.41) is 4.64. The van der Waals surface area contributed by atoms with Crippen LogP contribution >= 0.6 is 11.6 Å². The Morgan fingerprint density at radius 2 is 2.18 bits per heavy atom. The van der Waals surface area contributed by atoms with Crippen LogP contribution < -0.4 is 0 Å². The maximum Gasteiger partial charge on any atom is 0.226 e. The molecule has 0 unspecified atom stereocenters. The molecule has 17 heavy (non-hydrogen) atoms. The van der Waals surface area contributed by atoms with Gasteiger partial charge in [-0.05, 0) is 18.6 Å². The first-order valence-electron chi connectivity index (χ1n) is 5.88. The Kier molecular flexibility index (Phi) is 4.15. The maximum absolute atomic E-state index is 5.92. The van der Waals surface area contributed by atoms with E-state index in [1.54, 1.807) is 0 Å². The zero-order valence-electron chi connectivity index (χ0n) is 9.82. The predicted octanol–water partition coefficient (Wildman–Crippen LogP) is 4.12. The zero-order chi connectivity index (χ0) is 12.1. The fourth-order valence-electron chi connectivity index (χ4n) is 1.63. The van der Waals surface area contributed by atoms with Gasteiger partial charge in [0, 0.05) is 17.0 Å². The Bertz CT molecular complexity index is 482. The lowest BCUT2D eigenvalue weighted by Gasteiger charge is -1.94. The van der Waals surface area contributed by atoms with Crippen LogP contribution in [0.25, 0.3) is 11.4 Å². The van der Waals surface area contributed by atoms with Crippen LogP contribution in [0.5, 0.6) is 0 Å². The molecule has 0 radical (unpaired) electrons. The van der Waals surface area contributed by atoms with Crippen molar-refractivity contribution in [3.8, 4) is 11.4 Å². The van der Waals surface area contributed by atoms with Gasteiger partial charge in [-0.25, -0.2) is 0 Å². The quantitative estimate of drug-likeness (QED) is 0.749. The lowest BCUT2D eigenvalue weighted by molar-refractivity contribution is 0.374. The summed E-state index contributed by atoms with van der Waals surface area (Å²) in [6.45, 7) is 2.17. The average molecular weight is 251 g/mol. The van der Waals surface area contributed by atoms with E-state index in [2.05, 4.69) is 17.1 Å². The lowest BCUT2D eigenvalue weighted by atomic mass is 10.2. The number of halogens is 1. The highest BCUT2D eigenvalue weighted by Crippen LogP contribution is 2.20. The Morgan fingerprint density at radius 1 is 1.29 bits per heavy atom. The molecule has 0 aliphatic carbocycles. The third-order valence-electron chi connectivity index (χ3n) is 2.55. The molecule has 2 aromatic rings. The third-order valence-corrected chi connectivity index (χ3v) is 2.78. The molecule has 1 heterocycles. The van der Waals surface area contributed by atoms with Crippen LogP contribution in [0.4, 0.5) is 0 Å². The summed E-state index contributed by atoms with van der Waals surface area (Å²) < 4.78 is 5.20. The van der Waals surface area contributed by atoms with E-state index in [0.717, 1.165) is 18.4 Å². The second-order valence-electron chi connectivity index (χ2n) is 3.98. The number of aromatic nitrogens is 2. The van der Waals surface area contributed by atoms with E-state index in [0.29, 0.717) is 16.7 Å². The van der Waals surface area contributed by atoms with Gasteiger partial charge >= 0.3 is 0 Å². The minimum atomic E-state index is 0.610. The van der Waals surface area contributed by atoms with E-state index < -0.39 is 0 Å². The van der Waals surface area contributed by atoms with Crippen molar-refractivity contribution in [2.45, 2.75) is 32.6 Å². The normalized spacial score (nSPS) is 10.7. The van der Waals surface area contributed by atoms with Crippen LogP contribution in [0.3, 0.4) is 0 Å². The van der Waals surface area contributed by atoms with Gasteiger partial charge in [0.15, 0.2) is 0 Å². The van der Waals surface area contributed by atoms with E-state index in [1.807, 2.05) is 24.3 Å². The van der Waals surface area contributed by atoms with E-state index in [-0.39, 0.29) is 0 Å². The molecule has 1 aromatic heterocycles. The molecule has 90 valence electrons. The van der Waals surface area contributed by atoms with Gasteiger partial charge in [0.05, 0.1) is 0 Å². The van der Waals surface area contributed by atoms with Gasteiger partial charge in [-0.1, -0.05) is 48.7 Å². The highest BCUT2D eigenvalue weighted by Gasteiger charge is 2.08. The number of nitrogens with zero attached hydrogens (tertiary/aromatic N) is 2. The van der Waals surface area contributed by atoms with Crippen molar-refractivity contribution < 1.29 is 4.52 Å². The third kappa shape index (κ3) is 3.30. The van der Waals surface area contributed by atoms with Crippen LogP contribution in [0.1, 0.15) is 32.1 Å². The van der Waals surface area contributed by atoms with Crippen LogP contribution in [-0.2, 0) is 6.42 Å². The topological polar surface area (TPSA) is 38.9 Å². The Labute approximate surface area is 106 Å². The second-order valence-corrected chi connectivity index (χ2v) is 4.42. The number of hydrogen-bond acceptors (Lipinski definition) is 3. The van der Waals surface area contributed by atoms with Gasteiger partial charge in [0.1, 0.15) is 0 Å². The fraction of sp³-hybridized carbons (Fsp3) is 0.385. The first kappa shape index (κ1) is 12.1. The van der Waals surface area contributed by atoms with Crippen molar-refractivity contribution in [3.05, 3.63) is 35.2 Å². The average Bonchev–Trinajstić information content (AvgIpc) is 2.78. The van der Waals surface area contributed by atoms with Gasteiger partial charge in [0.25, 0.3) is 0 Å². The Balaban J connectivity index is 2.07. The minimum absolute atomic E-state index is 0.610. The van der Waals surface area contributed by atoms with Crippen molar-refractivity contribution in [2.75, 3.05) is 0 Å². The highest BCUT2D eigenvalue weighted by atomic mass is 35.5. The number of unbranched alkanes of at least 4 members (excludes halogenated alkanes) is 2. The largest absolute Gasteiger partial charge is 0.339 e. The van der Waals surface area contributed by atoms with Gasteiger partial charge in [-0.15, -0.1) is 0 Å². The molecule has 2 rings (SSSR count). The van der Waals surface area contributed by atoms with E-state index >= 15 is 0 Å². The standard InChI is InChI=1S/C13H15ClN2O/c1-2-3-4-8-12-15-13(16-17-12)10-6-5-7-11(14)9-10/h5-7,9H,2-4,8H2,1H3. The Morgan fingerprint density at radius 3 is 2.94 bits per heavy atom. The Hall–Kier alpha value is -1.35. The number of benzene rings is 1. The summed E-state index contributed by atoms with van der Waals surface area (Å²) in [5.41, 5.74) is 0.892. The zero-order valence-corrected chi connectivity index (χ0v) is 10.6. The van der Waals surface area contributed by atoms with E-state index in [1.165, 1.54) is 12.8 Å². The molecule has 0 atom stereocenters. The SMILES string of the molecule is CCCCCc1nc(-c2cccc(Cl)c2)no1. The number of hydrogen-bond donors (Lipinski definition) is 0. The summed E-state index contributed by atoms with van der Waals surface area (Å²) >= 11 is 5.92. The molecule has 0 aliphatic rings. The van der Waals surface area contributed by atoms with Crippen molar-refractivity contribution in [2.24, 2.45) is 0 Å². The summed E-state index contributed by atoms with van der Waals surface area (Å²) in [5.74, 6) is 1.31. The highest BCUT2D eigenvalue weighted by molar-refractivity contribution is 6.30. The van der Waals surface area contributed by atoms with Crippen molar-refractivity contribution in [1.29, 1.82) is 0 Å². The summed E-state index contributed by atoms with van der Waals surface area (Å²) in [4.78, 5) is 4.36. The van der Waals surface area contributed by atoms with Gasteiger partial charge in [-0.2, -0.15) is 4.98 Å². The van der Waals surface area contributed by atoms with Crippen LogP contribution in [0.15, 0.2) is 28.8 Å².